The molecule has 0 saturated heterocycles. The Bertz CT molecular complexity index is 805. The first-order valence-corrected chi connectivity index (χ1v) is 10.2. The Kier molecular flexibility index (Phi) is 3.94. The molecule has 118 valence electrons. The highest BCUT2D eigenvalue weighted by Gasteiger charge is 2.41. The van der Waals surface area contributed by atoms with Gasteiger partial charge in [-0.1, -0.05) is 13.8 Å². The molecule has 1 unspecified atom stereocenters. The highest BCUT2D eigenvalue weighted by molar-refractivity contribution is 7.95. The summed E-state index contributed by atoms with van der Waals surface area (Å²) in [7, 11) is -7.76. The van der Waals surface area contributed by atoms with Crippen molar-refractivity contribution in [2.45, 2.75) is 34.6 Å². The lowest BCUT2D eigenvalue weighted by molar-refractivity contribution is -0.123. The van der Waals surface area contributed by atoms with E-state index in [1.165, 1.54) is 0 Å². The number of hydrogen-bond acceptors (Lipinski definition) is 7. The van der Waals surface area contributed by atoms with Gasteiger partial charge in [0.25, 0.3) is 0 Å². The number of nitrogens with two attached hydrogens (primary N) is 2. The van der Waals surface area contributed by atoms with Crippen LogP contribution in [0, 0.1) is 5.92 Å². The van der Waals surface area contributed by atoms with Gasteiger partial charge in [-0.05, 0) is 6.42 Å². The highest BCUT2D eigenvalue weighted by Crippen LogP contribution is 2.46. The van der Waals surface area contributed by atoms with Crippen molar-refractivity contribution in [2.75, 3.05) is 11.5 Å². The smallest absolute Gasteiger partial charge is 0.249 e. The zero-order valence-corrected chi connectivity index (χ0v) is 13.9. The molecule has 1 aromatic heterocycles. The standard InChI is InChI=1S/C11H16N2O5S3/c1-5(2)9(14)6-3-4-20(15,16)10-7(6)8(12)11(19-10)21(13,17)18/h5-6H,3-4,12H2,1-2H3,(H2,13,17,18). The fourth-order valence-corrected chi connectivity index (χ4v) is 6.75. The van der Waals surface area contributed by atoms with Crippen LogP contribution in [0.15, 0.2) is 8.42 Å². The number of fused-ring (bicyclic) bond motifs is 1. The minimum absolute atomic E-state index is 0.106. The van der Waals surface area contributed by atoms with E-state index in [0.717, 1.165) is 0 Å². The minimum Gasteiger partial charge on any atom is -0.397 e. The lowest BCUT2D eigenvalue weighted by atomic mass is 9.87. The summed E-state index contributed by atoms with van der Waals surface area (Å²) in [6.07, 6.45) is 0.108. The van der Waals surface area contributed by atoms with Gasteiger partial charge in [0, 0.05) is 17.4 Å². The fourth-order valence-electron chi connectivity index (χ4n) is 2.38. The van der Waals surface area contributed by atoms with Crippen molar-refractivity contribution >= 4 is 42.7 Å². The molecule has 0 bridgehead atoms. The topological polar surface area (TPSA) is 137 Å². The summed E-state index contributed by atoms with van der Waals surface area (Å²) in [5, 5.41) is 5.06. The molecule has 0 aliphatic carbocycles. The number of anilines is 1. The van der Waals surface area contributed by atoms with Gasteiger partial charge in [-0.25, -0.2) is 22.0 Å². The molecule has 2 heterocycles. The summed E-state index contributed by atoms with van der Waals surface area (Å²) >= 11 is 0.531. The predicted octanol–water partition coefficient (Wildman–Crippen LogP) is 0.464. The number of carbonyl (C=O) groups excluding carboxylic acids is 1. The second kappa shape index (κ2) is 5.04. The summed E-state index contributed by atoms with van der Waals surface area (Å²) in [4.78, 5) is 12.3. The molecule has 1 aromatic rings. The van der Waals surface area contributed by atoms with Crippen molar-refractivity contribution in [2.24, 2.45) is 11.1 Å². The molecule has 7 nitrogen and oxygen atoms in total. The number of sulfonamides is 1. The summed E-state index contributed by atoms with van der Waals surface area (Å²) in [6, 6.07) is 0. The Labute approximate surface area is 127 Å². The SMILES string of the molecule is CC(C)C(=O)C1CCS(=O)(=O)c2sc(S(N)(=O)=O)c(N)c21. The van der Waals surface area contributed by atoms with E-state index in [0.29, 0.717) is 11.3 Å². The van der Waals surface area contributed by atoms with Crippen LogP contribution in [0.5, 0.6) is 0 Å². The average molecular weight is 352 g/mol. The predicted molar refractivity (Wildman–Crippen MR) is 79.4 cm³/mol. The molecule has 2 rings (SSSR count). The molecular weight excluding hydrogens is 336 g/mol. The van der Waals surface area contributed by atoms with Crippen molar-refractivity contribution in [1.29, 1.82) is 0 Å². The van der Waals surface area contributed by atoms with Crippen molar-refractivity contribution in [1.82, 2.24) is 0 Å². The molecule has 1 aliphatic heterocycles. The van der Waals surface area contributed by atoms with E-state index in [1.54, 1.807) is 13.8 Å². The van der Waals surface area contributed by atoms with Crippen molar-refractivity contribution < 1.29 is 21.6 Å². The minimum atomic E-state index is -4.13. The summed E-state index contributed by atoms with van der Waals surface area (Å²) in [6.45, 7) is 3.41. The maximum Gasteiger partial charge on any atom is 0.249 e. The number of rotatable bonds is 3. The van der Waals surface area contributed by atoms with Crippen LogP contribution in [0.2, 0.25) is 0 Å². The van der Waals surface area contributed by atoms with E-state index in [2.05, 4.69) is 0 Å². The van der Waals surface area contributed by atoms with Gasteiger partial charge in [0.05, 0.1) is 11.4 Å². The lowest BCUT2D eigenvalue weighted by Crippen LogP contribution is -2.27. The van der Waals surface area contributed by atoms with Gasteiger partial charge < -0.3 is 5.73 Å². The Morgan fingerprint density at radius 1 is 1.38 bits per heavy atom. The normalized spacial score (nSPS) is 21.2. The third-order valence-electron chi connectivity index (χ3n) is 3.39. The van der Waals surface area contributed by atoms with E-state index in [-0.39, 0.29) is 43.5 Å². The third kappa shape index (κ3) is 2.72. The van der Waals surface area contributed by atoms with Crippen molar-refractivity contribution in [3.8, 4) is 0 Å². The number of nitrogen functional groups attached to an aromatic ring is 1. The molecule has 10 heteroatoms. The zero-order valence-electron chi connectivity index (χ0n) is 11.5. The molecule has 0 saturated carbocycles. The first-order chi connectivity index (χ1) is 9.47. The summed E-state index contributed by atoms with van der Waals surface area (Å²) in [5.41, 5.74) is 5.69. The molecule has 0 aromatic carbocycles. The Morgan fingerprint density at radius 3 is 2.43 bits per heavy atom. The average Bonchev–Trinajstić information content (AvgIpc) is 2.68. The van der Waals surface area contributed by atoms with E-state index < -0.39 is 25.8 Å². The molecule has 0 radical (unpaired) electrons. The molecule has 4 N–H and O–H groups in total. The maximum absolute atomic E-state index is 12.3. The maximum atomic E-state index is 12.3. The number of hydrogen-bond donors (Lipinski definition) is 2. The Morgan fingerprint density at radius 2 is 1.95 bits per heavy atom. The van der Waals surface area contributed by atoms with Gasteiger partial charge in [0.2, 0.25) is 10.0 Å². The molecule has 0 spiro atoms. The van der Waals surface area contributed by atoms with Crippen molar-refractivity contribution in [3.05, 3.63) is 5.56 Å². The zero-order chi connectivity index (χ0) is 16.2. The van der Waals surface area contributed by atoms with Crippen LogP contribution in [0.4, 0.5) is 5.69 Å². The Hall–Kier alpha value is -0.970. The van der Waals surface area contributed by atoms with Crippen LogP contribution in [-0.4, -0.2) is 28.4 Å². The first-order valence-electron chi connectivity index (χ1n) is 6.18. The largest absolute Gasteiger partial charge is 0.397 e. The number of sulfone groups is 1. The van der Waals surface area contributed by atoms with Crippen LogP contribution >= 0.6 is 11.3 Å². The van der Waals surface area contributed by atoms with Crippen LogP contribution in [0.25, 0.3) is 0 Å². The van der Waals surface area contributed by atoms with Gasteiger partial charge in [-0.3, -0.25) is 4.79 Å². The van der Waals surface area contributed by atoms with Gasteiger partial charge in [0.1, 0.15) is 9.99 Å². The van der Waals surface area contributed by atoms with Crippen LogP contribution < -0.4 is 10.9 Å². The monoisotopic (exact) mass is 352 g/mol. The van der Waals surface area contributed by atoms with Gasteiger partial charge in [0.15, 0.2) is 14.0 Å². The number of Topliss-reactive ketones (excluding diaryl/α,β-unsaturated/α-hetero) is 1. The number of carbonyl (C=O) groups is 1. The Balaban J connectivity index is 2.76. The van der Waals surface area contributed by atoms with E-state index >= 15 is 0 Å². The third-order valence-corrected chi connectivity index (χ3v) is 8.46. The highest BCUT2D eigenvalue weighted by atomic mass is 32.3. The summed E-state index contributed by atoms with van der Waals surface area (Å²) in [5.74, 6) is -1.36. The van der Waals surface area contributed by atoms with Crippen molar-refractivity contribution in [3.63, 3.8) is 0 Å². The van der Waals surface area contributed by atoms with E-state index in [4.69, 9.17) is 10.9 Å². The number of ketones is 1. The second-order valence-corrected chi connectivity index (χ2v) is 10.3. The molecule has 1 aliphatic rings. The van der Waals surface area contributed by atoms with Crippen LogP contribution in [0.3, 0.4) is 0 Å². The quantitative estimate of drug-likeness (QED) is 0.811. The van der Waals surface area contributed by atoms with Gasteiger partial charge in [-0.2, -0.15) is 0 Å². The van der Waals surface area contributed by atoms with E-state index in [1.807, 2.05) is 0 Å². The van der Waals surface area contributed by atoms with E-state index in [9.17, 15) is 21.6 Å². The second-order valence-electron chi connectivity index (χ2n) is 5.27. The van der Waals surface area contributed by atoms with Crippen LogP contribution in [0.1, 0.15) is 31.7 Å². The fraction of sp³-hybridized carbons (Fsp3) is 0.545. The molecule has 0 fully saturated rings. The lowest BCUT2D eigenvalue weighted by Gasteiger charge is -2.23. The molecule has 21 heavy (non-hydrogen) atoms. The summed E-state index contributed by atoms with van der Waals surface area (Å²) < 4.78 is 46.7. The van der Waals surface area contributed by atoms with Crippen LogP contribution in [-0.2, 0) is 24.7 Å². The first kappa shape index (κ1) is 16.4. The van der Waals surface area contributed by atoms with Gasteiger partial charge >= 0.3 is 0 Å². The number of thiophene rings is 1. The number of primary sulfonamides is 1. The molecule has 0 amide bonds. The molecule has 1 atom stereocenters. The van der Waals surface area contributed by atoms with Gasteiger partial charge in [-0.15, -0.1) is 11.3 Å². The molecular formula is C11H16N2O5S3.